The third-order valence-corrected chi connectivity index (χ3v) is 9.05. The quantitative estimate of drug-likeness (QED) is 0.203. The summed E-state index contributed by atoms with van der Waals surface area (Å²) in [6.45, 7) is 0. The van der Waals surface area contributed by atoms with Gasteiger partial charge in [-0.15, -0.1) is 0 Å². The Morgan fingerprint density at radius 3 is 1.64 bits per heavy atom. The fraction of sp³-hybridized carbons (Fsp3) is 0.0244. The molecule has 0 atom stereocenters. The zero-order valence-corrected chi connectivity index (χ0v) is 23.7. The number of benzene rings is 7. The smallest absolute Gasteiger partial charge is 0.0719 e. The van der Waals surface area contributed by atoms with Crippen molar-refractivity contribution in [3.63, 3.8) is 0 Å². The third kappa shape index (κ3) is 3.62. The molecule has 1 aliphatic rings. The molecule has 0 radical (unpaired) electrons. The molecule has 0 saturated heterocycles. The highest BCUT2D eigenvalue weighted by molar-refractivity contribution is 6.31. The number of fused-ring (bicyclic) bond motifs is 5. The van der Waals surface area contributed by atoms with Crippen LogP contribution in [0.15, 0.2) is 164 Å². The second-order valence-electron chi connectivity index (χ2n) is 11.0. The highest BCUT2D eigenvalue weighted by atomic mass is 35.5. The average Bonchev–Trinajstić information content (AvgIpc) is 3.37. The van der Waals surface area contributed by atoms with Crippen molar-refractivity contribution in [1.29, 1.82) is 0 Å². The van der Waals surface area contributed by atoms with Gasteiger partial charge in [-0.1, -0.05) is 157 Å². The highest BCUT2D eigenvalue weighted by Gasteiger charge is 2.47. The highest BCUT2D eigenvalue weighted by Crippen LogP contribution is 2.59. The minimum absolute atomic E-state index is 0.455. The largest absolute Gasteiger partial charge is 0.0843 e. The van der Waals surface area contributed by atoms with Crippen LogP contribution in [-0.4, -0.2) is 0 Å². The molecule has 0 saturated carbocycles. The molecule has 198 valence electrons. The van der Waals surface area contributed by atoms with Gasteiger partial charge in [0.2, 0.25) is 0 Å². The maximum atomic E-state index is 6.71. The van der Waals surface area contributed by atoms with Gasteiger partial charge in [-0.2, -0.15) is 0 Å². The fourth-order valence-corrected chi connectivity index (χ4v) is 7.32. The lowest BCUT2D eigenvalue weighted by molar-refractivity contribution is 0.775. The Morgan fingerprint density at radius 2 is 0.952 bits per heavy atom. The molecule has 1 heteroatoms. The first kappa shape index (κ1) is 24.9. The number of hydrogen-bond donors (Lipinski definition) is 0. The van der Waals surface area contributed by atoms with Crippen molar-refractivity contribution in [1.82, 2.24) is 0 Å². The van der Waals surface area contributed by atoms with E-state index in [1.807, 2.05) is 6.07 Å². The van der Waals surface area contributed by atoms with Crippen LogP contribution in [0.25, 0.3) is 44.2 Å². The van der Waals surface area contributed by atoms with E-state index < -0.39 is 5.41 Å². The standard InChI is InChI=1S/C41H27Cl/c42-31-24-25-32(28-14-4-1-5-15-28)36(26-31)37-27-38-34-21-12-13-23-39(34)41(29-16-6-2-7-17-29,30-18-8-3-9-19-30)40(38)35-22-11-10-20-33(35)37/h1-27H. The fourth-order valence-electron chi connectivity index (χ4n) is 7.15. The van der Waals surface area contributed by atoms with Crippen molar-refractivity contribution in [3.8, 4) is 33.4 Å². The van der Waals surface area contributed by atoms with Crippen molar-refractivity contribution in [2.75, 3.05) is 0 Å². The number of hydrogen-bond acceptors (Lipinski definition) is 0. The number of halogens is 1. The van der Waals surface area contributed by atoms with Gasteiger partial charge in [-0.3, -0.25) is 0 Å². The molecule has 0 unspecified atom stereocenters. The Balaban J connectivity index is 1.55. The van der Waals surface area contributed by atoms with E-state index in [-0.39, 0.29) is 0 Å². The van der Waals surface area contributed by atoms with Gasteiger partial charge in [0.25, 0.3) is 0 Å². The summed E-state index contributed by atoms with van der Waals surface area (Å²) in [6.07, 6.45) is 0. The van der Waals surface area contributed by atoms with E-state index in [9.17, 15) is 0 Å². The van der Waals surface area contributed by atoms with E-state index in [4.69, 9.17) is 11.6 Å². The Kier molecular flexibility index (Phi) is 5.84. The molecule has 0 aromatic heterocycles. The van der Waals surface area contributed by atoms with Crippen LogP contribution in [0.3, 0.4) is 0 Å². The molecule has 42 heavy (non-hydrogen) atoms. The van der Waals surface area contributed by atoms with E-state index in [0.29, 0.717) is 0 Å². The maximum Gasteiger partial charge on any atom is 0.0719 e. The molecule has 0 amide bonds. The van der Waals surface area contributed by atoms with Crippen LogP contribution in [0.5, 0.6) is 0 Å². The van der Waals surface area contributed by atoms with Gasteiger partial charge in [0.15, 0.2) is 0 Å². The van der Waals surface area contributed by atoms with Crippen LogP contribution in [0.1, 0.15) is 22.3 Å². The van der Waals surface area contributed by atoms with Gasteiger partial charge in [-0.25, -0.2) is 0 Å². The van der Waals surface area contributed by atoms with Crippen molar-refractivity contribution in [3.05, 3.63) is 191 Å². The molecule has 1 aliphatic carbocycles. The summed E-state index contributed by atoms with van der Waals surface area (Å²) in [4.78, 5) is 0. The Hall–Kier alpha value is -4.91. The van der Waals surface area contributed by atoms with Crippen LogP contribution >= 0.6 is 11.6 Å². The maximum absolute atomic E-state index is 6.71. The van der Waals surface area contributed by atoms with Crippen molar-refractivity contribution < 1.29 is 0 Å². The molecule has 0 nitrogen and oxygen atoms in total. The molecule has 0 spiro atoms. The molecule has 0 bridgehead atoms. The van der Waals surface area contributed by atoms with E-state index >= 15 is 0 Å². The zero-order chi connectivity index (χ0) is 28.1. The molecular weight excluding hydrogens is 528 g/mol. The summed E-state index contributed by atoms with van der Waals surface area (Å²) in [7, 11) is 0. The van der Waals surface area contributed by atoms with Gasteiger partial charge in [-0.05, 0) is 84.6 Å². The van der Waals surface area contributed by atoms with Crippen molar-refractivity contribution in [2.45, 2.75) is 5.41 Å². The lowest BCUT2D eigenvalue weighted by Gasteiger charge is -2.35. The first-order chi connectivity index (χ1) is 20.8. The zero-order valence-electron chi connectivity index (χ0n) is 23.0. The lowest BCUT2D eigenvalue weighted by atomic mass is 9.66. The molecule has 0 N–H and O–H groups in total. The Bertz CT molecular complexity index is 2040. The molecular formula is C41H27Cl. The summed E-state index contributed by atoms with van der Waals surface area (Å²) in [5, 5.41) is 3.21. The molecule has 0 heterocycles. The SMILES string of the molecule is Clc1ccc(-c2ccccc2)c(-c2cc3c(c4ccccc24)C(c2ccccc2)(c2ccccc2)c2ccccc2-3)c1. The van der Waals surface area contributed by atoms with Gasteiger partial charge >= 0.3 is 0 Å². The van der Waals surface area contributed by atoms with Crippen LogP contribution in [0.2, 0.25) is 5.02 Å². The topological polar surface area (TPSA) is 0 Å². The first-order valence-corrected chi connectivity index (χ1v) is 14.8. The average molecular weight is 555 g/mol. The van der Waals surface area contributed by atoms with Crippen LogP contribution in [-0.2, 0) is 5.41 Å². The third-order valence-electron chi connectivity index (χ3n) is 8.81. The Labute approximate surface area is 251 Å². The first-order valence-electron chi connectivity index (χ1n) is 14.4. The summed E-state index contributed by atoms with van der Waals surface area (Å²) < 4.78 is 0. The summed E-state index contributed by atoms with van der Waals surface area (Å²) in [6, 6.07) is 59.1. The predicted octanol–water partition coefficient (Wildman–Crippen LogP) is 11.2. The lowest BCUT2D eigenvalue weighted by Crippen LogP contribution is -2.28. The van der Waals surface area contributed by atoms with E-state index in [0.717, 1.165) is 10.6 Å². The molecule has 0 fully saturated rings. The predicted molar refractivity (Wildman–Crippen MR) is 177 cm³/mol. The second-order valence-corrected chi connectivity index (χ2v) is 11.4. The minimum Gasteiger partial charge on any atom is -0.0843 e. The van der Waals surface area contributed by atoms with Gasteiger partial charge in [0.1, 0.15) is 0 Å². The van der Waals surface area contributed by atoms with E-state index in [1.165, 1.54) is 60.8 Å². The molecule has 7 aromatic carbocycles. The summed E-state index contributed by atoms with van der Waals surface area (Å²) in [5.74, 6) is 0. The summed E-state index contributed by atoms with van der Waals surface area (Å²) >= 11 is 6.71. The molecule has 0 aliphatic heterocycles. The Morgan fingerprint density at radius 1 is 0.381 bits per heavy atom. The van der Waals surface area contributed by atoms with Crippen molar-refractivity contribution >= 4 is 22.4 Å². The van der Waals surface area contributed by atoms with Crippen molar-refractivity contribution in [2.24, 2.45) is 0 Å². The van der Waals surface area contributed by atoms with Crippen LogP contribution < -0.4 is 0 Å². The van der Waals surface area contributed by atoms with E-state index in [2.05, 4.69) is 158 Å². The normalized spacial score (nSPS) is 13.1. The monoisotopic (exact) mass is 554 g/mol. The molecule has 8 rings (SSSR count). The second kappa shape index (κ2) is 9.87. The van der Waals surface area contributed by atoms with Gasteiger partial charge in [0.05, 0.1) is 5.41 Å². The number of rotatable bonds is 4. The minimum atomic E-state index is -0.455. The van der Waals surface area contributed by atoms with Crippen LogP contribution in [0, 0.1) is 0 Å². The van der Waals surface area contributed by atoms with E-state index in [1.54, 1.807) is 0 Å². The molecule has 7 aromatic rings. The van der Waals surface area contributed by atoms with Gasteiger partial charge in [0, 0.05) is 5.02 Å². The van der Waals surface area contributed by atoms with Gasteiger partial charge < -0.3 is 0 Å². The summed E-state index contributed by atoms with van der Waals surface area (Å²) in [5.41, 5.74) is 12.0. The van der Waals surface area contributed by atoms with Crippen LogP contribution in [0.4, 0.5) is 0 Å².